The summed E-state index contributed by atoms with van der Waals surface area (Å²) in [4.78, 5) is 20.6. The summed E-state index contributed by atoms with van der Waals surface area (Å²) < 4.78 is 2.21. The Kier molecular flexibility index (Phi) is 6.02. The van der Waals surface area contributed by atoms with Crippen LogP contribution in [-0.4, -0.2) is 19.4 Å². The number of hydrogen-bond acceptors (Lipinski definition) is 3. The van der Waals surface area contributed by atoms with E-state index in [0.717, 1.165) is 49.3 Å². The van der Waals surface area contributed by atoms with Crippen LogP contribution in [0.1, 0.15) is 25.0 Å². The van der Waals surface area contributed by atoms with Gasteiger partial charge in [0, 0.05) is 35.9 Å². The maximum absolute atomic E-state index is 10.1. The maximum atomic E-state index is 10.1. The Bertz CT molecular complexity index is 2480. The average Bonchev–Trinajstić information content (AvgIpc) is 3.54. The van der Waals surface area contributed by atoms with Crippen LogP contribution in [0.3, 0.4) is 0 Å². The molecule has 6 aromatic carbocycles. The second-order valence-corrected chi connectivity index (χ2v) is 13.4. The molecule has 1 atom stereocenters. The van der Waals surface area contributed by atoms with Crippen molar-refractivity contribution in [2.24, 2.45) is 0 Å². The van der Waals surface area contributed by atoms with Crippen LogP contribution in [0, 0.1) is 0 Å². The van der Waals surface area contributed by atoms with Crippen molar-refractivity contribution >= 4 is 46.8 Å². The molecule has 1 N–H and O–H groups in total. The van der Waals surface area contributed by atoms with Gasteiger partial charge in [-0.25, -0.2) is 9.97 Å². The first-order valence-electron chi connectivity index (χ1n) is 15.6. The topological polar surface area (TPSA) is 50.9 Å². The molecule has 0 saturated carbocycles. The molecule has 1 aliphatic rings. The van der Waals surface area contributed by atoms with Crippen molar-refractivity contribution in [3.63, 3.8) is 0 Å². The highest BCUT2D eigenvalue weighted by molar-refractivity contribution is 7.40. The Morgan fingerprint density at radius 3 is 2.09 bits per heavy atom. The predicted molar refractivity (Wildman–Crippen MR) is 192 cm³/mol. The summed E-state index contributed by atoms with van der Waals surface area (Å²) >= 11 is 0. The van der Waals surface area contributed by atoms with Crippen molar-refractivity contribution < 1.29 is 4.89 Å². The molecule has 4 nitrogen and oxygen atoms in total. The first-order valence-corrected chi connectivity index (χ1v) is 16.5. The van der Waals surface area contributed by atoms with Crippen LogP contribution < -0.4 is 5.30 Å². The fourth-order valence-electron chi connectivity index (χ4n) is 7.33. The third-order valence-corrected chi connectivity index (χ3v) is 10.2. The van der Waals surface area contributed by atoms with E-state index >= 15 is 0 Å². The van der Waals surface area contributed by atoms with Crippen LogP contribution in [-0.2, 0) is 5.41 Å². The molecule has 0 saturated heterocycles. The minimum Gasteiger partial charge on any atom is -0.372 e. The quantitative estimate of drug-likeness (QED) is 0.202. The van der Waals surface area contributed by atoms with Gasteiger partial charge in [0.05, 0.1) is 22.2 Å². The summed E-state index contributed by atoms with van der Waals surface area (Å²) in [6, 6.07) is 47.0. The second kappa shape index (κ2) is 10.2. The van der Waals surface area contributed by atoms with Crippen molar-refractivity contribution in [2.75, 3.05) is 0 Å². The summed E-state index contributed by atoms with van der Waals surface area (Å²) in [5.41, 5.74) is 12.3. The molecule has 0 amide bonds. The molecule has 0 fully saturated rings. The van der Waals surface area contributed by atoms with Crippen LogP contribution >= 0.6 is 8.81 Å². The second-order valence-electron chi connectivity index (χ2n) is 12.6. The molecule has 0 aliphatic heterocycles. The SMILES string of the molecule is CC1(C)c2ccccc2-c2cc3c(cc21)c1cc(PO)ccc1n3-c1nc(-c2ccc(-c3ccccc3)cc2)c2ccccc2n1. The van der Waals surface area contributed by atoms with Gasteiger partial charge in [-0.1, -0.05) is 117 Å². The number of fused-ring (bicyclic) bond motifs is 7. The van der Waals surface area contributed by atoms with Gasteiger partial charge in [0.25, 0.3) is 0 Å². The average molecular weight is 612 g/mol. The zero-order valence-electron chi connectivity index (χ0n) is 25.5. The maximum Gasteiger partial charge on any atom is 0.235 e. The predicted octanol–water partition coefficient (Wildman–Crippen LogP) is 9.58. The van der Waals surface area contributed by atoms with Crippen LogP contribution in [0.4, 0.5) is 0 Å². The highest BCUT2D eigenvalue weighted by Gasteiger charge is 2.36. The van der Waals surface area contributed by atoms with E-state index < -0.39 is 0 Å². The molecule has 1 aliphatic carbocycles. The van der Waals surface area contributed by atoms with E-state index in [1.807, 2.05) is 24.3 Å². The Labute approximate surface area is 268 Å². The van der Waals surface area contributed by atoms with Crippen molar-refractivity contribution in [3.8, 4) is 39.5 Å². The lowest BCUT2D eigenvalue weighted by atomic mass is 9.82. The molecule has 1 unspecified atom stereocenters. The zero-order chi connectivity index (χ0) is 31.0. The van der Waals surface area contributed by atoms with Gasteiger partial charge < -0.3 is 4.89 Å². The molecular weight excluding hydrogens is 581 g/mol. The Morgan fingerprint density at radius 2 is 1.26 bits per heavy atom. The van der Waals surface area contributed by atoms with Gasteiger partial charge >= 0.3 is 0 Å². The summed E-state index contributed by atoms with van der Waals surface area (Å²) in [6.45, 7) is 4.62. The van der Waals surface area contributed by atoms with Gasteiger partial charge in [0.1, 0.15) is 0 Å². The van der Waals surface area contributed by atoms with Gasteiger partial charge in [0.2, 0.25) is 5.95 Å². The highest BCUT2D eigenvalue weighted by Crippen LogP contribution is 2.51. The van der Waals surface area contributed by atoms with Crippen LogP contribution in [0.25, 0.3) is 72.2 Å². The van der Waals surface area contributed by atoms with Crippen molar-refractivity contribution in [1.29, 1.82) is 0 Å². The summed E-state index contributed by atoms with van der Waals surface area (Å²) in [7, 11) is -0.276. The first kappa shape index (κ1) is 27.2. The summed E-state index contributed by atoms with van der Waals surface area (Å²) in [5.74, 6) is 0.630. The van der Waals surface area contributed by atoms with E-state index in [9.17, 15) is 4.89 Å². The van der Waals surface area contributed by atoms with Crippen molar-refractivity contribution in [3.05, 3.63) is 145 Å². The molecule has 46 heavy (non-hydrogen) atoms. The van der Waals surface area contributed by atoms with Gasteiger partial charge in [-0.2, -0.15) is 0 Å². The molecule has 220 valence electrons. The molecule has 8 aromatic rings. The number of aromatic nitrogens is 3. The first-order chi connectivity index (χ1) is 22.5. The van der Waals surface area contributed by atoms with Gasteiger partial charge in [0.15, 0.2) is 0 Å². The summed E-state index contributed by atoms with van der Waals surface area (Å²) in [5, 5.41) is 4.16. The standard InChI is InChI=1S/C41H30N3OP/c1-41(2)34-14-8-6-12-29(34)31-24-38-33(23-35(31)41)32-22-28(46-45)20-21-37(32)44(38)40-42-36-15-9-7-13-30(36)39(43-40)27-18-16-26(17-19-27)25-10-4-3-5-11-25/h3-24,45-46H,1-2H3. The molecular formula is C41H30N3OP. The van der Waals surface area contributed by atoms with E-state index in [4.69, 9.17) is 9.97 Å². The van der Waals surface area contributed by atoms with E-state index in [-0.39, 0.29) is 14.2 Å². The molecule has 5 heteroatoms. The Hall–Kier alpha value is -5.15. The lowest BCUT2D eigenvalue weighted by Gasteiger charge is -2.21. The lowest BCUT2D eigenvalue weighted by Crippen LogP contribution is -2.14. The minimum atomic E-state index is -0.276. The number of benzene rings is 6. The summed E-state index contributed by atoms with van der Waals surface area (Å²) in [6.07, 6.45) is 0. The molecule has 9 rings (SSSR count). The van der Waals surface area contributed by atoms with Crippen LogP contribution in [0.2, 0.25) is 0 Å². The van der Waals surface area contributed by atoms with E-state index in [1.54, 1.807) is 0 Å². The molecule has 2 heterocycles. The molecule has 0 spiro atoms. The highest BCUT2D eigenvalue weighted by atomic mass is 31.1. The van der Waals surface area contributed by atoms with Gasteiger partial charge in [-0.05, 0) is 69.0 Å². The fourth-order valence-corrected chi connectivity index (χ4v) is 7.70. The van der Waals surface area contributed by atoms with Crippen LogP contribution in [0.15, 0.2) is 133 Å². The third-order valence-electron chi connectivity index (χ3n) is 9.65. The number of nitrogens with zero attached hydrogens (tertiary/aromatic N) is 3. The van der Waals surface area contributed by atoms with Gasteiger partial charge in [-0.3, -0.25) is 4.57 Å². The Balaban J connectivity index is 1.32. The van der Waals surface area contributed by atoms with E-state index in [0.29, 0.717) is 5.95 Å². The normalized spacial score (nSPS) is 13.6. The minimum absolute atomic E-state index is 0.122. The van der Waals surface area contributed by atoms with Crippen molar-refractivity contribution in [2.45, 2.75) is 19.3 Å². The molecule has 2 aromatic heterocycles. The number of para-hydroxylation sites is 1. The monoisotopic (exact) mass is 611 g/mol. The Morgan fingerprint density at radius 1 is 0.565 bits per heavy atom. The van der Waals surface area contributed by atoms with E-state index in [2.05, 4.69) is 128 Å². The zero-order valence-corrected chi connectivity index (χ0v) is 26.5. The molecule has 0 radical (unpaired) electrons. The molecule has 0 bridgehead atoms. The largest absolute Gasteiger partial charge is 0.372 e. The van der Waals surface area contributed by atoms with Gasteiger partial charge in [-0.15, -0.1) is 0 Å². The fraction of sp³-hybridized carbons (Fsp3) is 0.0732. The van der Waals surface area contributed by atoms with Crippen molar-refractivity contribution in [1.82, 2.24) is 14.5 Å². The van der Waals surface area contributed by atoms with Crippen LogP contribution in [0.5, 0.6) is 0 Å². The lowest BCUT2D eigenvalue weighted by molar-refractivity contribution is 0.655. The number of rotatable bonds is 4. The smallest absolute Gasteiger partial charge is 0.235 e. The number of hydrogen-bond donors (Lipinski definition) is 1. The van der Waals surface area contributed by atoms with E-state index in [1.165, 1.54) is 33.4 Å². The third kappa shape index (κ3) is 4.01.